The minimum absolute atomic E-state index is 0.143. The third kappa shape index (κ3) is 6.06. The molecule has 2 saturated heterocycles. The number of benzene rings is 1. The Kier molecular flexibility index (Phi) is 7.73. The van der Waals surface area contributed by atoms with Gasteiger partial charge in [-0.25, -0.2) is 9.78 Å². The average Bonchev–Trinajstić information content (AvgIpc) is 2.81. The van der Waals surface area contributed by atoms with Crippen molar-refractivity contribution in [3.63, 3.8) is 0 Å². The Hall–Kier alpha value is -2.48. The summed E-state index contributed by atoms with van der Waals surface area (Å²) in [4.78, 5) is 24.1. The minimum atomic E-state index is -0.300. The maximum atomic E-state index is 12.5. The van der Waals surface area contributed by atoms with Gasteiger partial charge in [0.15, 0.2) is 0 Å². The standard InChI is InChI=1S/C25H35N5O2/c1-20(2)32-25(31)23-4-3-9-27-24(23)30-16-14-29(15-17-30)19-22-7-5-21(6-8-22)18-28-12-10-26-11-13-28/h3-9,20,26H,10-19H2,1-2H3. The lowest BCUT2D eigenvalue weighted by atomic mass is 10.1. The summed E-state index contributed by atoms with van der Waals surface area (Å²) < 4.78 is 5.40. The molecule has 0 aliphatic carbocycles. The van der Waals surface area contributed by atoms with Crippen LogP contribution in [0.1, 0.15) is 35.3 Å². The molecule has 7 nitrogen and oxygen atoms in total. The molecule has 0 spiro atoms. The SMILES string of the molecule is CC(C)OC(=O)c1cccnc1N1CCN(Cc2ccc(CN3CCNCC3)cc2)CC1. The van der Waals surface area contributed by atoms with E-state index in [2.05, 4.69) is 49.3 Å². The molecule has 1 N–H and O–H groups in total. The summed E-state index contributed by atoms with van der Waals surface area (Å²) in [5.74, 6) is 0.432. The van der Waals surface area contributed by atoms with Gasteiger partial charge in [-0.05, 0) is 37.1 Å². The van der Waals surface area contributed by atoms with Crippen molar-refractivity contribution in [3.8, 4) is 0 Å². The summed E-state index contributed by atoms with van der Waals surface area (Å²) in [6.45, 7) is 13.7. The molecule has 0 saturated carbocycles. The van der Waals surface area contributed by atoms with Gasteiger partial charge in [-0.15, -0.1) is 0 Å². The lowest BCUT2D eigenvalue weighted by Gasteiger charge is -2.36. The molecule has 2 aliphatic heterocycles. The quantitative estimate of drug-likeness (QED) is 0.668. The van der Waals surface area contributed by atoms with Gasteiger partial charge in [0.05, 0.1) is 6.10 Å². The molecule has 0 amide bonds. The number of nitrogens with one attached hydrogen (secondary N) is 1. The van der Waals surface area contributed by atoms with Gasteiger partial charge >= 0.3 is 5.97 Å². The van der Waals surface area contributed by atoms with Gasteiger partial charge in [-0.2, -0.15) is 0 Å². The van der Waals surface area contributed by atoms with Crippen molar-refractivity contribution in [1.29, 1.82) is 0 Å². The monoisotopic (exact) mass is 437 g/mol. The van der Waals surface area contributed by atoms with Crippen LogP contribution in [-0.2, 0) is 17.8 Å². The van der Waals surface area contributed by atoms with Crippen molar-refractivity contribution in [1.82, 2.24) is 20.1 Å². The van der Waals surface area contributed by atoms with Crippen molar-refractivity contribution >= 4 is 11.8 Å². The van der Waals surface area contributed by atoms with Gasteiger partial charge in [0.25, 0.3) is 0 Å². The summed E-state index contributed by atoms with van der Waals surface area (Å²) in [7, 11) is 0. The third-order valence-corrected chi connectivity index (χ3v) is 6.07. The number of carbonyl (C=O) groups is 1. The number of ether oxygens (including phenoxy) is 1. The highest BCUT2D eigenvalue weighted by Crippen LogP contribution is 2.21. The highest BCUT2D eigenvalue weighted by atomic mass is 16.5. The molecule has 7 heteroatoms. The fourth-order valence-electron chi connectivity index (χ4n) is 4.34. The van der Waals surface area contributed by atoms with E-state index >= 15 is 0 Å². The summed E-state index contributed by atoms with van der Waals surface area (Å²) in [5.41, 5.74) is 3.28. The third-order valence-electron chi connectivity index (χ3n) is 6.07. The Morgan fingerprint density at radius 1 is 0.938 bits per heavy atom. The number of carbonyl (C=O) groups excluding carboxylic acids is 1. The number of aromatic nitrogens is 1. The van der Waals surface area contributed by atoms with E-state index in [1.54, 1.807) is 18.3 Å². The predicted octanol–water partition coefficient (Wildman–Crippen LogP) is 2.37. The van der Waals surface area contributed by atoms with Crippen LogP contribution in [0.5, 0.6) is 0 Å². The number of hydrogen-bond acceptors (Lipinski definition) is 7. The van der Waals surface area contributed by atoms with Crippen LogP contribution in [0.3, 0.4) is 0 Å². The van der Waals surface area contributed by atoms with E-state index in [4.69, 9.17) is 4.74 Å². The number of hydrogen-bond donors (Lipinski definition) is 1. The van der Waals surface area contributed by atoms with Crippen LogP contribution in [0, 0.1) is 0 Å². The van der Waals surface area contributed by atoms with Crippen LogP contribution in [0.25, 0.3) is 0 Å². The molecule has 32 heavy (non-hydrogen) atoms. The predicted molar refractivity (Wildman–Crippen MR) is 127 cm³/mol. The molecular formula is C25H35N5O2. The lowest BCUT2D eigenvalue weighted by Crippen LogP contribution is -2.46. The molecule has 2 aliphatic rings. The largest absolute Gasteiger partial charge is 0.459 e. The summed E-state index contributed by atoms with van der Waals surface area (Å²) >= 11 is 0. The molecule has 0 atom stereocenters. The van der Waals surface area contributed by atoms with E-state index < -0.39 is 0 Å². The van der Waals surface area contributed by atoms with Crippen LogP contribution in [0.15, 0.2) is 42.6 Å². The van der Waals surface area contributed by atoms with Crippen LogP contribution < -0.4 is 10.2 Å². The zero-order valence-electron chi connectivity index (χ0n) is 19.3. The number of anilines is 1. The zero-order valence-corrected chi connectivity index (χ0v) is 19.3. The Bertz CT molecular complexity index is 872. The highest BCUT2D eigenvalue weighted by Gasteiger charge is 2.23. The molecule has 0 bridgehead atoms. The lowest BCUT2D eigenvalue weighted by molar-refractivity contribution is 0.0378. The molecule has 0 radical (unpaired) electrons. The van der Waals surface area contributed by atoms with E-state index in [0.717, 1.165) is 71.3 Å². The van der Waals surface area contributed by atoms with Crippen molar-refractivity contribution in [2.45, 2.75) is 33.0 Å². The van der Waals surface area contributed by atoms with Gasteiger partial charge in [-0.3, -0.25) is 9.80 Å². The van der Waals surface area contributed by atoms with E-state index in [1.165, 1.54) is 11.1 Å². The second kappa shape index (κ2) is 10.9. The van der Waals surface area contributed by atoms with Crippen LogP contribution in [-0.4, -0.2) is 79.2 Å². The second-order valence-electron chi connectivity index (χ2n) is 8.93. The first-order valence-electron chi connectivity index (χ1n) is 11.7. The van der Waals surface area contributed by atoms with E-state index in [-0.39, 0.29) is 12.1 Å². The van der Waals surface area contributed by atoms with Crippen LogP contribution in [0.2, 0.25) is 0 Å². The zero-order chi connectivity index (χ0) is 22.3. The van der Waals surface area contributed by atoms with E-state index in [1.807, 2.05) is 13.8 Å². The van der Waals surface area contributed by atoms with Crippen molar-refractivity contribution in [3.05, 3.63) is 59.3 Å². The number of nitrogens with zero attached hydrogens (tertiary/aromatic N) is 4. The van der Waals surface area contributed by atoms with Crippen molar-refractivity contribution < 1.29 is 9.53 Å². The molecule has 0 unspecified atom stereocenters. The Balaban J connectivity index is 1.29. The topological polar surface area (TPSA) is 60.9 Å². The molecular weight excluding hydrogens is 402 g/mol. The summed E-state index contributed by atoms with van der Waals surface area (Å²) in [6, 6.07) is 12.7. The van der Waals surface area contributed by atoms with Gasteiger partial charge in [0.1, 0.15) is 11.4 Å². The number of esters is 1. The first-order chi connectivity index (χ1) is 15.6. The number of pyridine rings is 1. The van der Waals surface area contributed by atoms with Crippen molar-refractivity contribution in [2.24, 2.45) is 0 Å². The first-order valence-corrected chi connectivity index (χ1v) is 11.7. The van der Waals surface area contributed by atoms with Gasteiger partial charge in [0.2, 0.25) is 0 Å². The summed E-state index contributed by atoms with van der Waals surface area (Å²) in [5, 5.41) is 3.41. The molecule has 3 heterocycles. The van der Waals surface area contributed by atoms with E-state index in [0.29, 0.717) is 5.56 Å². The smallest absolute Gasteiger partial charge is 0.342 e. The second-order valence-corrected chi connectivity index (χ2v) is 8.93. The van der Waals surface area contributed by atoms with Gasteiger partial charge in [0, 0.05) is 71.6 Å². The maximum Gasteiger partial charge on any atom is 0.342 e. The maximum absolute atomic E-state index is 12.5. The fraction of sp³-hybridized carbons (Fsp3) is 0.520. The Morgan fingerprint density at radius 3 is 2.12 bits per heavy atom. The van der Waals surface area contributed by atoms with Gasteiger partial charge in [-0.1, -0.05) is 24.3 Å². The number of piperazine rings is 2. The van der Waals surface area contributed by atoms with Gasteiger partial charge < -0.3 is 15.0 Å². The van der Waals surface area contributed by atoms with E-state index in [9.17, 15) is 4.79 Å². The van der Waals surface area contributed by atoms with Crippen LogP contribution >= 0.6 is 0 Å². The molecule has 172 valence electrons. The fourth-order valence-corrected chi connectivity index (χ4v) is 4.34. The number of rotatable bonds is 7. The Labute approximate surface area is 191 Å². The molecule has 1 aromatic carbocycles. The average molecular weight is 438 g/mol. The normalized spacial score (nSPS) is 18.2. The minimum Gasteiger partial charge on any atom is -0.459 e. The van der Waals surface area contributed by atoms with Crippen molar-refractivity contribution in [2.75, 3.05) is 57.3 Å². The highest BCUT2D eigenvalue weighted by molar-refractivity contribution is 5.94. The molecule has 2 fully saturated rings. The molecule has 4 rings (SSSR count). The molecule has 1 aromatic heterocycles. The molecule has 2 aromatic rings. The summed E-state index contributed by atoms with van der Waals surface area (Å²) in [6.07, 6.45) is 1.60. The van der Waals surface area contributed by atoms with Crippen LogP contribution in [0.4, 0.5) is 5.82 Å². The first kappa shape index (κ1) is 22.7. The Morgan fingerprint density at radius 2 is 1.53 bits per heavy atom.